The van der Waals surface area contributed by atoms with Crippen molar-refractivity contribution in [3.63, 3.8) is 0 Å². The Kier molecular flexibility index (Phi) is 9.03. The molecule has 218 valence electrons. The zero-order chi connectivity index (χ0) is 29.2. The molecule has 0 unspecified atom stereocenters. The number of piperidine rings is 1. The first-order valence-corrected chi connectivity index (χ1v) is 14.2. The van der Waals surface area contributed by atoms with Crippen LogP contribution in [0.25, 0.3) is 0 Å². The van der Waals surface area contributed by atoms with Gasteiger partial charge in [-0.1, -0.05) is 11.3 Å². The number of guanidine groups is 1. The minimum Gasteiger partial charge on any atom is -0.444 e. The lowest BCUT2D eigenvalue weighted by atomic mass is 10.0. The van der Waals surface area contributed by atoms with Gasteiger partial charge >= 0.3 is 28.6 Å². The van der Waals surface area contributed by atoms with Gasteiger partial charge in [-0.3, -0.25) is 20.2 Å². The molecule has 1 aromatic heterocycles. The second-order valence-corrected chi connectivity index (χ2v) is 12.9. The summed E-state index contributed by atoms with van der Waals surface area (Å²) in [7, 11) is -4.84. The number of aliphatic imine (C=N–C) groups is 1. The first kappa shape index (κ1) is 30.5. The first-order chi connectivity index (χ1) is 17.9. The fraction of sp³-hybridized carbons (Fsp3) is 0.714. The van der Waals surface area contributed by atoms with Crippen molar-refractivity contribution in [1.29, 1.82) is 0 Å². The fourth-order valence-electron chi connectivity index (χ4n) is 3.76. The van der Waals surface area contributed by atoms with Crippen molar-refractivity contribution in [2.75, 3.05) is 13.1 Å². The van der Waals surface area contributed by atoms with Crippen LogP contribution in [0.15, 0.2) is 4.99 Å². The second-order valence-electron chi connectivity index (χ2n) is 10.8. The number of hydrogen-bond donors (Lipinski definition) is 3. The van der Waals surface area contributed by atoms with Crippen molar-refractivity contribution >= 4 is 45.9 Å². The Hall–Kier alpha value is -3.09. The maximum atomic E-state index is 12.7. The van der Waals surface area contributed by atoms with E-state index in [1.807, 2.05) is 0 Å². The molecular weight excluding hydrogens is 558 g/mol. The van der Waals surface area contributed by atoms with Gasteiger partial charge in [-0.15, -0.1) is 14.5 Å². The van der Waals surface area contributed by atoms with Gasteiger partial charge in [-0.05, 0) is 54.4 Å². The minimum absolute atomic E-state index is 0.112. The smallest absolute Gasteiger partial charge is 0.418 e. The van der Waals surface area contributed by atoms with E-state index < -0.39 is 51.9 Å². The number of ether oxygens (including phenoxy) is 2. The molecule has 0 radical (unpaired) electrons. The van der Waals surface area contributed by atoms with Gasteiger partial charge in [0.05, 0.1) is 12.1 Å². The molecule has 0 aromatic carbocycles. The van der Waals surface area contributed by atoms with E-state index in [2.05, 4.69) is 30.1 Å². The van der Waals surface area contributed by atoms with Crippen molar-refractivity contribution in [1.82, 2.24) is 30.8 Å². The molecule has 3 N–H and O–H groups in total. The summed E-state index contributed by atoms with van der Waals surface area (Å²) in [5.41, 5.74) is -1.54. The number of amides is 4. The molecule has 0 saturated carbocycles. The number of aromatic nitrogens is 2. The van der Waals surface area contributed by atoms with Crippen LogP contribution in [0, 0.1) is 0 Å². The molecule has 2 fully saturated rings. The Morgan fingerprint density at radius 1 is 1.08 bits per heavy atom. The van der Waals surface area contributed by atoms with Crippen molar-refractivity contribution in [2.24, 2.45) is 4.99 Å². The number of rotatable bonds is 6. The molecule has 2 saturated heterocycles. The van der Waals surface area contributed by atoms with E-state index in [0.29, 0.717) is 34.3 Å². The lowest BCUT2D eigenvalue weighted by Crippen LogP contribution is -2.47. The van der Waals surface area contributed by atoms with Gasteiger partial charge in [0.15, 0.2) is 0 Å². The van der Waals surface area contributed by atoms with E-state index in [1.54, 1.807) is 41.5 Å². The zero-order valence-electron chi connectivity index (χ0n) is 22.5. The Balaban J connectivity index is 1.64. The minimum atomic E-state index is -4.84. The topological polar surface area (TPSA) is 202 Å². The zero-order valence-corrected chi connectivity index (χ0v) is 24.1. The van der Waals surface area contributed by atoms with Crippen LogP contribution in [0.4, 0.5) is 14.4 Å². The predicted molar refractivity (Wildman–Crippen MR) is 137 cm³/mol. The second kappa shape index (κ2) is 11.6. The van der Waals surface area contributed by atoms with Gasteiger partial charge in [0.1, 0.15) is 21.2 Å². The summed E-state index contributed by atoms with van der Waals surface area (Å²) >= 11 is 1.25. The van der Waals surface area contributed by atoms with Crippen LogP contribution in [0.3, 0.4) is 0 Å². The van der Waals surface area contributed by atoms with Gasteiger partial charge in [0.25, 0.3) is 0 Å². The Labute approximate surface area is 230 Å². The number of nitrogens with zero attached hydrogens (tertiary/aromatic N) is 5. The van der Waals surface area contributed by atoms with Crippen LogP contribution in [-0.4, -0.2) is 87.6 Å². The van der Waals surface area contributed by atoms with Crippen molar-refractivity contribution in [3.8, 4) is 0 Å². The van der Waals surface area contributed by atoms with E-state index >= 15 is 0 Å². The molecule has 18 heteroatoms. The molecule has 1 aromatic rings. The Bertz CT molecular complexity index is 1190. The number of carbonyl (C=O) groups excluding carboxylic acids is 3. The van der Waals surface area contributed by atoms with Gasteiger partial charge in [-0.2, -0.15) is 13.5 Å². The van der Waals surface area contributed by atoms with Crippen molar-refractivity contribution < 1.29 is 41.1 Å². The number of hydroxylamine groups is 2. The standard InChI is InChI=1S/C21H33N7O9S2/c1-20(2,3)35-17(29)23-16(24-18(30)36-21(4,5)6)22-10-9-14-25-26-15(38-14)13-8-7-12-11-27(13)19(31)28(12)37-39(32,33)34/h12-13H,7-11H2,1-6H3,(H,32,33,34)(H2,22,23,24,29,30)/t12-,13+/m1/s1. The highest BCUT2D eigenvalue weighted by atomic mass is 32.3. The van der Waals surface area contributed by atoms with E-state index in [4.69, 9.17) is 14.0 Å². The first-order valence-electron chi connectivity index (χ1n) is 12.0. The number of carbonyl (C=O) groups is 3. The van der Waals surface area contributed by atoms with Crippen LogP contribution < -0.4 is 10.6 Å². The summed E-state index contributed by atoms with van der Waals surface area (Å²) in [5.74, 6) is -0.164. The van der Waals surface area contributed by atoms with Gasteiger partial charge in [0, 0.05) is 19.5 Å². The average molecular weight is 592 g/mol. The van der Waals surface area contributed by atoms with E-state index in [0.717, 1.165) is 0 Å². The molecule has 4 amide bonds. The quantitative estimate of drug-likeness (QED) is 0.248. The third-order valence-electron chi connectivity index (χ3n) is 5.10. The maximum Gasteiger partial charge on any atom is 0.418 e. The molecule has 2 aliphatic heterocycles. The summed E-state index contributed by atoms with van der Waals surface area (Å²) in [4.78, 5) is 42.8. The highest BCUT2D eigenvalue weighted by Gasteiger charge is 2.48. The molecule has 2 bridgehead atoms. The van der Waals surface area contributed by atoms with Crippen LogP contribution in [0.2, 0.25) is 0 Å². The molecule has 16 nitrogen and oxygen atoms in total. The fourth-order valence-corrected chi connectivity index (χ4v) is 5.13. The summed E-state index contributed by atoms with van der Waals surface area (Å²) < 4.78 is 46.0. The number of nitrogens with one attached hydrogen (secondary N) is 2. The average Bonchev–Trinajstić information content (AvgIpc) is 3.29. The van der Waals surface area contributed by atoms with Crippen LogP contribution in [0.5, 0.6) is 0 Å². The lowest BCUT2D eigenvalue weighted by molar-refractivity contribution is -0.0317. The highest BCUT2D eigenvalue weighted by Crippen LogP contribution is 2.39. The summed E-state index contributed by atoms with van der Waals surface area (Å²) in [6.07, 6.45) is -0.383. The molecule has 3 rings (SSSR count). The number of hydrogen-bond acceptors (Lipinski definition) is 12. The highest BCUT2D eigenvalue weighted by molar-refractivity contribution is 7.80. The number of alkyl carbamates (subject to hydrolysis) is 2. The monoisotopic (exact) mass is 591 g/mol. The van der Waals surface area contributed by atoms with Gasteiger partial charge in [-0.25, -0.2) is 14.4 Å². The molecule has 2 atom stereocenters. The SMILES string of the molecule is CC(C)(C)OC(=O)NC(=NCCc1nnc([C@@H]2CC[C@@H]3CN2C(=O)N3OS(=O)(=O)O)s1)NC(=O)OC(C)(C)C. The molecule has 0 aliphatic carbocycles. The van der Waals surface area contributed by atoms with Crippen LogP contribution in [-0.2, 0) is 30.6 Å². The van der Waals surface area contributed by atoms with Crippen molar-refractivity contribution in [3.05, 3.63) is 10.0 Å². The summed E-state index contributed by atoms with van der Waals surface area (Å²) in [6, 6.07) is -1.63. The molecule has 39 heavy (non-hydrogen) atoms. The van der Waals surface area contributed by atoms with E-state index in [-0.39, 0.29) is 19.0 Å². The Morgan fingerprint density at radius 2 is 1.67 bits per heavy atom. The summed E-state index contributed by atoms with van der Waals surface area (Å²) in [5, 5.41) is 14.9. The number of fused-ring (bicyclic) bond motifs is 2. The Morgan fingerprint density at radius 3 is 2.21 bits per heavy atom. The summed E-state index contributed by atoms with van der Waals surface area (Å²) in [6.45, 7) is 10.5. The third kappa shape index (κ3) is 9.26. The van der Waals surface area contributed by atoms with Crippen molar-refractivity contribution in [2.45, 2.75) is 84.1 Å². The van der Waals surface area contributed by atoms with Gasteiger partial charge in [0.2, 0.25) is 5.96 Å². The van der Waals surface area contributed by atoms with E-state index in [1.165, 1.54) is 16.2 Å². The van der Waals surface area contributed by atoms with Crippen LogP contribution in [0.1, 0.15) is 70.4 Å². The lowest BCUT2D eigenvalue weighted by Gasteiger charge is -2.28. The third-order valence-corrected chi connectivity index (χ3v) is 6.53. The van der Waals surface area contributed by atoms with Crippen LogP contribution >= 0.6 is 11.3 Å². The number of urea groups is 1. The molecule has 2 aliphatic rings. The van der Waals surface area contributed by atoms with E-state index in [9.17, 15) is 22.8 Å². The van der Waals surface area contributed by atoms with Gasteiger partial charge < -0.3 is 14.4 Å². The predicted octanol–water partition coefficient (Wildman–Crippen LogP) is 2.16. The largest absolute Gasteiger partial charge is 0.444 e. The normalized spacial score (nSPS) is 19.5. The molecule has 3 heterocycles. The molecular formula is C21H33N7O9S2. The maximum absolute atomic E-state index is 12.7. The molecule has 0 spiro atoms.